The molecule has 13 heteroatoms. The van der Waals surface area contributed by atoms with Crippen LogP contribution in [0.15, 0.2) is 30.3 Å². The first-order valence-corrected chi connectivity index (χ1v) is 16.0. The second-order valence-corrected chi connectivity index (χ2v) is 12.1. The van der Waals surface area contributed by atoms with E-state index in [1.165, 1.54) is 17.4 Å². The number of benzene rings is 2. The van der Waals surface area contributed by atoms with Gasteiger partial charge in [-0.1, -0.05) is 24.0 Å². The van der Waals surface area contributed by atoms with Crippen molar-refractivity contribution in [3.8, 4) is 17.6 Å². The molecule has 0 unspecified atom stereocenters. The molecule has 0 bridgehead atoms. The summed E-state index contributed by atoms with van der Waals surface area (Å²) in [6.07, 6.45) is -3.64. The highest BCUT2D eigenvalue weighted by atomic mass is 32.1. The van der Waals surface area contributed by atoms with E-state index in [0.717, 1.165) is 42.9 Å². The van der Waals surface area contributed by atoms with Gasteiger partial charge in [0.15, 0.2) is 5.75 Å². The van der Waals surface area contributed by atoms with Crippen LogP contribution in [0.4, 0.5) is 34.6 Å². The number of halogens is 4. The highest BCUT2D eigenvalue weighted by Gasteiger charge is 2.31. The minimum absolute atomic E-state index is 0.0250. The normalized spacial score (nSPS) is 16.1. The van der Waals surface area contributed by atoms with E-state index in [2.05, 4.69) is 32.2 Å². The molecular weight excluding hydrogens is 622 g/mol. The first kappa shape index (κ1) is 33.6. The highest BCUT2D eigenvalue weighted by Crippen LogP contribution is 2.39. The van der Waals surface area contributed by atoms with E-state index in [0.29, 0.717) is 60.3 Å². The van der Waals surface area contributed by atoms with Crippen molar-refractivity contribution in [1.82, 2.24) is 4.90 Å². The SMILES string of the molecule is [C-]#[N+]COc1cc(N2CCOCC2)c(F)cc1NCC#Cc1sc2c(NC3CCN(CCOC)CC3)cccc2c1CC(F)(F)F. The molecule has 2 aliphatic heterocycles. The molecule has 0 amide bonds. The molecule has 46 heavy (non-hydrogen) atoms. The molecule has 0 radical (unpaired) electrons. The zero-order valence-electron chi connectivity index (χ0n) is 25.6. The van der Waals surface area contributed by atoms with Gasteiger partial charge in [0.2, 0.25) is 0 Å². The fourth-order valence-corrected chi connectivity index (χ4v) is 6.89. The van der Waals surface area contributed by atoms with E-state index in [1.54, 1.807) is 25.3 Å². The smallest absolute Gasteiger partial charge is 0.393 e. The number of piperidine rings is 1. The molecule has 8 nitrogen and oxygen atoms in total. The van der Waals surface area contributed by atoms with Crippen LogP contribution < -0.4 is 20.3 Å². The lowest BCUT2D eigenvalue weighted by atomic mass is 10.0. The van der Waals surface area contributed by atoms with E-state index in [9.17, 15) is 13.2 Å². The van der Waals surface area contributed by atoms with Crippen LogP contribution in [0.3, 0.4) is 0 Å². The van der Waals surface area contributed by atoms with Gasteiger partial charge < -0.3 is 34.6 Å². The van der Waals surface area contributed by atoms with Gasteiger partial charge in [-0.2, -0.15) is 13.2 Å². The minimum Gasteiger partial charge on any atom is -0.424 e. The predicted octanol–water partition coefficient (Wildman–Crippen LogP) is 6.22. The van der Waals surface area contributed by atoms with Crippen molar-refractivity contribution in [1.29, 1.82) is 0 Å². The number of nitrogens with zero attached hydrogens (tertiary/aromatic N) is 3. The molecule has 2 aliphatic rings. The Morgan fingerprint density at radius 1 is 1.13 bits per heavy atom. The van der Waals surface area contributed by atoms with Crippen molar-refractivity contribution in [3.63, 3.8) is 0 Å². The Balaban J connectivity index is 1.35. The van der Waals surface area contributed by atoms with Crippen LogP contribution in [0.25, 0.3) is 14.9 Å². The van der Waals surface area contributed by atoms with E-state index in [4.69, 9.17) is 20.8 Å². The maximum atomic E-state index is 15.1. The number of nitrogens with one attached hydrogen (secondary N) is 2. The molecule has 0 saturated carbocycles. The Hall–Kier alpha value is -3.75. The van der Waals surface area contributed by atoms with Gasteiger partial charge in [0, 0.05) is 58.0 Å². The van der Waals surface area contributed by atoms with Crippen LogP contribution in [0.5, 0.6) is 5.75 Å². The van der Waals surface area contributed by atoms with E-state index < -0.39 is 18.4 Å². The summed E-state index contributed by atoms with van der Waals surface area (Å²) < 4.78 is 73.1. The number of hydrogen-bond donors (Lipinski definition) is 2. The average Bonchev–Trinajstić information content (AvgIpc) is 3.39. The van der Waals surface area contributed by atoms with E-state index in [-0.39, 0.29) is 24.9 Å². The number of fused-ring (bicyclic) bond motifs is 1. The topological polar surface area (TPSA) is 62.6 Å². The molecule has 3 heterocycles. The van der Waals surface area contributed by atoms with Gasteiger partial charge in [0.1, 0.15) is 5.82 Å². The fraction of sp³-hybridized carbons (Fsp3) is 0.485. The number of alkyl halides is 3. The minimum atomic E-state index is -4.41. The lowest BCUT2D eigenvalue weighted by molar-refractivity contribution is -0.126. The van der Waals surface area contributed by atoms with Gasteiger partial charge in [0.25, 0.3) is 0 Å². The van der Waals surface area contributed by atoms with Gasteiger partial charge in [-0.05, 0) is 29.9 Å². The lowest BCUT2D eigenvalue weighted by Crippen LogP contribution is -2.40. The van der Waals surface area contributed by atoms with Crippen LogP contribution in [0, 0.1) is 24.2 Å². The Bertz CT molecular complexity index is 1580. The van der Waals surface area contributed by atoms with Gasteiger partial charge in [-0.15, -0.1) is 11.3 Å². The third-order valence-corrected chi connectivity index (χ3v) is 9.21. The number of morpholine rings is 1. The number of hydrogen-bond acceptors (Lipinski definition) is 8. The summed E-state index contributed by atoms with van der Waals surface area (Å²) in [5, 5.41) is 7.14. The molecule has 2 aromatic carbocycles. The Kier molecular flexibility index (Phi) is 11.5. The van der Waals surface area contributed by atoms with Crippen LogP contribution >= 0.6 is 11.3 Å². The molecule has 5 rings (SSSR count). The number of rotatable bonds is 11. The van der Waals surface area contributed by atoms with E-state index in [1.807, 2.05) is 11.0 Å². The molecule has 1 aromatic heterocycles. The Morgan fingerprint density at radius 2 is 1.91 bits per heavy atom. The van der Waals surface area contributed by atoms with Gasteiger partial charge in [-0.3, -0.25) is 4.85 Å². The number of methoxy groups -OCH3 is 1. The van der Waals surface area contributed by atoms with Crippen molar-refractivity contribution >= 4 is 38.5 Å². The predicted molar refractivity (Wildman–Crippen MR) is 173 cm³/mol. The summed E-state index contributed by atoms with van der Waals surface area (Å²) in [5.41, 5.74) is 1.62. The molecule has 2 saturated heterocycles. The summed E-state index contributed by atoms with van der Waals surface area (Å²) in [5.74, 6) is 5.69. The fourth-order valence-electron chi connectivity index (χ4n) is 5.71. The van der Waals surface area contributed by atoms with Crippen molar-refractivity contribution in [2.45, 2.75) is 31.5 Å². The number of likely N-dealkylation sites (tertiary alicyclic amines) is 1. The van der Waals surface area contributed by atoms with Crippen LogP contribution in [-0.4, -0.2) is 90.0 Å². The zero-order valence-corrected chi connectivity index (χ0v) is 26.5. The number of anilines is 3. The highest BCUT2D eigenvalue weighted by molar-refractivity contribution is 7.20. The number of thiophene rings is 1. The Labute approximate surface area is 270 Å². The second-order valence-electron chi connectivity index (χ2n) is 11.1. The summed E-state index contributed by atoms with van der Waals surface area (Å²) in [6.45, 7) is 12.3. The van der Waals surface area contributed by atoms with Crippen molar-refractivity contribution in [2.75, 3.05) is 88.5 Å². The Morgan fingerprint density at radius 3 is 2.63 bits per heavy atom. The molecule has 0 spiro atoms. The van der Waals surface area contributed by atoms with Crippen molar-refractivity contribution in [3.05, 3.63) is 58.0 Å². The van der Waals surface area contributed by atoms with Crippen LogP contribution in [0.2, 0.25) is 0 Å². The molecule has 0 aliphatic carbocycles. The standard InChI is InChI=1S/C33H37F4N5O3S/c1-38-22-45-30-20-29(42-14-17-44-18-15-42)26(34)19-28(30)39-10-4-7-31-25(21-33(35,36)37)24-5-3-6-27(32(24)46-31)40-23-8-11-41(12-9-23)13-16-43-2/h3,5-6,19-20,23,39-40H,8-18,21-22H2,2H3. The first-order valence-electron chi connectivity index (χ1n) is 15.2. The number of ether oxygens (including phenoxy) is 3. The monoisotopic (exact) mass is 659 g/mol. The van der Waals surface area contributed by atoms with Gasteiger partial charge in [-0.25, -0.2) is 11.0 Å². The first-order chi connectivity index (χ1) is 22.3. The molecule has 3 aromatic rings. The zero-order chi connectivity index (χ0) is 32.5. The molecular formula is C33H37F4N5O3S. The second kappa shape index (κ2) is 15.7. The summed E-state index contributed by atoms with van der Waals surface area (Å²) in [6, 6.07) is 8.46. The van der Waals surface area contributed by atoms with Crippen LogP contribution in [-0.2, 0) is 15.9 Å². The third-order valence-electron chi connectivity index (χ3n) is 8.01. The molecule has 246 valence electrons. The summed E-state index contributed by atoms with van der Waals surface area (Å²) in [4.78, 5) is 7.78. The average molecular weight is 660 g/mol. The maximum Gasteiger partial charge on any atom is 0.393 e. The van der Waals surface area contributed by atoms with Crippen molar-refractivity contribution < 1.29 is 31.8 Å². The van der Waals surface area contributed by atoms with Crippen molar-refractivity contribution in [2.24, 2.45) is 0 Å². The lowest BCUT2D eigenvalue weighted by Gasteiger charge is -2.32. The van der Waals surface area contributed by atoms with Gasteiger partial charge >= 0.3 is 12.9 Å². The third kappa shape index (κ3) is 8.74. The quantitative estimate of drug-likeness (QED) is 0.144. The van der Waals surface area contributed by atoms with Crippen LogP contribution in [0.1, 0.15) is 23.3 Å². The van der Waals surface area contributed by atoms with E-state index >= 15 is 4.39 Å². The largest absolute Gasteiger partial charge is 0.424 e. The molecule has 0 atom stereocenters. The molecule has 2 N–H and O–H groups in total. The molecule has 2 fully saturated rings. The summed E-state index contributed by atoms with van der Waals surface area (Å²) >= 11 is 1.25. The summed E-state index contributed by atoms with van der Waals surface area (Å²) in [7, 11) is 1.69. The van der Waals surface area contributed by atoms with Gasteiger partial charge in [0.05, 0.1) is 59.4 Å². The maximum absolute atomic E-state index is 15.1.